The predicted molar refractivity (Wildman–Crippen MR) is 66.8 cm³/mol. The van der Waals surface area contributed by atoms with Crippen molar-refractivity contribution in [3.8, 4) is 0 Å². The van der Waals surface area contributed by atoms with Crippen LogP contribution in [-0.2, 0) is 20.1 Å². The van der Waals surface area contributed by atoms with Crippen LogP contribution in [0.15, 0.2) is 18.6 Å². The molecule has 18 heavy (non-hydrogen) atoms. The molecule has 2 aromatic rings. The molecule has 96 valence electrons. The van der Waals surface area contributed by atoms with Crippen molar-refractivity contribution in [2.45, 2.75) is 25.9 Å². The summed E-state index contributed by atoms with van der Waals surface area (Å²) in [5.74, 6) is 0.899. The van der Waals surface area contributed by atoms with Crippen molar-refractivity contribution in [3.63, 3.8) is 0 Å². The van der Waals surface area contributed by atoms with Crippen molar-refractivity contribution in [1.29, 1.82) is 0 Å². The molecule has 3 rings (SSSR count). The fourth-order valence-corrected chi connectivity index (χ4v) is 1.96. The van der Waals surface area contributed by atoms with E-state index in [4.69, 9.17) is 0 Å². The number of nitrogens with zero attached hydrogens (tertiary/aromatic N) is 5. The van der Waals surface area contributed by atoms with Crippen molar-refractivity contribution < 1.29 is 0 Å². The van der Waals surface area contributed by atoms with Crippen molar-refractivity contribution in [2.75, 3.05) is 6.54 Å². The molecule has 1 fully saturated rings. The topological polar surface area (TPSA) is 60.6 Å². The van der Waals surface area contributed by atoms with Gasteiger partial charge in [0.25, 0.3) is 0 Å². The van der Waals surface area contributed by atoms with Gasteiger partial charge in [0.2, 0.25) is 0 Å². The maximum absolute atomic E-state index is 4.16. The molecular weight excluding hydrogens is 228 g/mol. The zero-order chi connectivity index (χ0) is 12.4. The van der Waals surface area contributed by atoms with E-state index in [1.165, 1.54) is 12.8 Å². The third kappa shape index (κ3) is 2.95. The molecule has 1 saturated carbocycles. The van der Waals surface area contributed by atoms with E-state index in [2.05, 4.69) is 20.7 Å². The third-order valence-corrected chi connectivity index (χ3v) is 3.13. The Balaban J connectivity index is 1.52. The summed E-state index contributed by atoms with van der Waals surface area (Å²) in [5, 5.41) is 15.8. The number of nitrogens with one attached hydrogen (secondary N) is 1. The van der Waals surface area contributed by atoms with Crippen molar-refractivity contribution in [1.82, 2.24) is 30.1 Å². The molecule has 6 heteroatoms. The van der Waals surface area contributed by atoms with Crippen LogP contribution in [-0.4, -0.2) is 31.3 Å². The van der Waals surface area contributed by atoms with Gasteiger partial charge < -0.3 is 5.32 Å². The Bertz CT molecular complexity index is 510. The highest BCUT2D eigenvalue weighted by Gasteiger charge is 2.20. The van der Waals surface area contributed by atoms with E-state index in [9.17, 15) is 0 Å². The SMILES string of the molecule is Cn1cc(Cn2cc(CNCC3CC3)nn2)cn1. The molecular formula is C12H18N6. The number of hydrogen-bond acceptors (Lipinski definition) is 4. The number of aromatic nitrogens is 5. The zero-order valence-corrected chi connectivity index (χ0v) is 10.6. The maximum atomic E-state index is 4.16. The van der Waals surface area contributed by atoms with Crippen LogP contribution in [0.2, 0.25) is 0 Å². The lowest BCUT2D eigenvalue weighted by atomic mass is 10.3. The van der Waals surface area contributed by atoms with E-state index in [-0.39, 0.29) is 0 Å². The second-order valence-electron chi connectivity index (χ2n) is 5.00. The van der Waals surface area contributed by atoms with Crippen LogP contribution in [0.25, 0.3) is 0 Å². The summed E-state index contributed by atoms with van der Waals surface area (Å²) < 4.78 is 3.65. The first-order chi connectivity index (χ1) is 8.79. The summed E-state index contributed by atoms with van der Waals surface area (Å²) in [7, 11) is 1.91. The lowest BCUT2D eigenvalue weighted by molar-refractivity contribution is 0.627. The highest BCUT2D eigenvalue weighted by molar-refractivity contribution is 5.04. The summed E-state index contributed by atoms with van der Waals surface area (Å²) in [6.45, 7) is 2.64. The average Bonchev–Trinajstić information content (AvgIpc) is 2.92. The molecule has 2 heterocycles. The molecule has 0 spiro atoms. The first-order valence-electron chi connectivity index (χ1n) is 6.37. The molecule has 0 atom stereocenters. The van der Waals surface area contributed by atoms with Crippen molar-refractivity contribution in [2.24, 2.45) is 13.0 Å². The van der Waals surface area contributed by atoms with Crippen molar-refractivity contribution >= 4 is 0 Å². The molecule has 0 amide bonds. The summed E-state index contributed by atoms with van der Waals surface area (Å²) in [6.07, 6.45) is 8.59. The molecule has 0 saturated heterocycles. The van der Waals surface area contributed by atoms with E-state index in [0.717, 1.165) is 36.8 Å². The van der Waals surface area contributed by atoms with Gasteiger partial charge in [-0.3, -0.25) is 4.68 Å². The first kappa shape index (κ1) is 11.4. The van der Waals surface area contributed by atoms with Crippen LogP contribution in [0.3, 0.4) is 0 Å². The zero-order valence-electron chi connectivity index (χ0n) is 10.6. The van der Waals surface area contributed by atoms with E-state index in [1.807, 2.05) is 30.3 Å². The second kappa shape index (κ2) is 4.89. The van der Waals surface area contributed by atoms with Crippen LogP contribution in [0.1, 0.15) is 24.1 Å². The average molecular weight is 246 g/mol. The molecule has 1 N–H and O–H groups in total. The summed E-state index contributed by atoms with van der Waals surface area (Å²) >= 11 is 0. The normalized spacial score (nSPS) is 15.2. The third-order valence-electron chi connectivity index (χ3n) is 3.13. The second-order valence-corrected chi connectivity index (χ2v) is 5.00. The summed E-state index contributed by atoms with van der Waals surface area (Å²) in [4.78, 5) is 0. The minimum Gasteiger partial charge on any atom is -0.311 e. The highest BCUT2D eigenvalue weighted by Crippen LogP contribution is 2.27. The molecule has 6 nitrogen and oxygen atoms in total. The Morgan fingerprint density at radius 1 is 1.39 bits per heavy atom. The minimum atomic E-state index is 0.726. The minimum absolute atomic E-state index is 0.726. The number of rotatable bonds is 6. The molecule has 0 aliphatic heterocycles. The van der Waals surface area contributed by atoms with Gasteiger partial charge in [0.15, 0.2) is 0 Å². The van der Waals surface area contributed by atoms with Gasteiger partial charge in [-0.25, -0.2) is 4.68 Å². The Morgan fingerprint density at radius 3 is 3.00 bits per heavy atom. The smallest absolute Gasteiger partial charge is 0.0964 e. The predicted octanol–water partition coefficient (Wildman–Crippen LogP) is 0.559. The largest absolute Gasteiger partial charge is 0.311 e. The molecule has 0 bridgehead atoms. The van der Waals surface area contributed by atoms with Gasteiger partial charge in [-0.05, 0) is 25.3 Å². The molecule has 0 radical (unpaired) electrons. The van der Waals surface area contributed by atoms with Crippen molar-refractivity contribution in [3.05, 3.63) is 29.8 Å². The summed E-state index contributed by atoms with van der Waals surface area (Å²) in [6, 6.07) is 0. The number of hydrogen-bond donors (Lipinski definition) is 1. The molecule has 1 aliphatic carbocycles. The highest BCUT2D eigenvalue weighted by atomic mass is 15.4. The van der Waals surface area contributed by atoms with Crippen LogP contribution in [0.5, 0.6) is 0 Å². The molecule has 0 aromatic carbocycles. The van der Waals surface area contributed by atoms with Gasteiger partial charge in [-0.2, -0.15) is 5.10 Å². The van der Waals surface area contributed by atoms with E-state index in [0.29, 0.717) is 0 Å². The van der Waals surface area contributed by atoms with Crippen LogP contribution in [0.4, 0.5) is 0 Å². The van der Waals surface area contributed by atoms with Crippen LogP contribution in [0, 0.1) is 5.92 Å². The standard InChI is InChI=1S/C12H18N6/c1-17-7-11(5-14-17)8-18-9-12(15-16-18)6-13-4-10-2-3-10/h5,7,9-10,13H,2-4,6,8H2,1H3. The monoisotopic (exact) mass is 246 g/mol. The molecule has 0 unspecified atom stereocenters. The summed E-state index contributed by atoms with van der Waals surface area (Å²) in [5.41, 5.74) is 2.14. The van der Waals surface area contributed by atoms with Crippen LogP contribution >= 0.6 is 0 Å². The van der Waals surface area contributed by atoms with Gasteiger partial charge in [-0.15, -0.1) is 5.10 Å². The van der Waals surface area contributed by atoms with Crippen LogP contribution < -0.4 is 5.32 Å². The van der Waals surface area contributed by atoms with E-state index in [1.54, 1.807) is 4.68 Å². The molecule has 2 aromatic heterocycles. The Labute approximate surface area is 106 Å². The van der Waals surface area contributed by atoms with E-state index >= 15 is 0 Å². The van der Waals surface area contributed by atoms with Gasteiger partial charge in [0.1, 0.15) is 0 Å². The van der Waals surface area contributed by atoms with Gasteiger partial charge in [-0.1, -0.05) is 5.21 Å². The van der Waals surface area contributed by atoms with E-state index < -0.39 is 0 Å². The Morgan fingerprint density at radius 2 is 2.28 bits per heavy atom. The fraction of sp³-hybridized carbons (Fsp3) is 0.583. The molecule has 1 aliphatic rings. The van der Waals surface area contributed by atoms with Gasteiger partial charge in [0.05, 0.1) is 24.6 Å². The first-order valence-corrected chi connectivity index (χ1v) is 6.37. The fourth-order valence-electron chi connectivity index (χ4n) is 1.96. The lowest BCUT2D eigenvalue weighted by Crippen LogP contribution is -2.16. The van der Waals surface area contributed by atoms with Gasteiger partial charge >= 0.3 is 0 Å². The van der Waals surface area contributed by atoms with Gasteiger partial charge in [0, 0.05) is 25.4 Å². The Kier molecular flexibility index (Phi) is 3.10. The lowest BCUT2D eigenvalue weighted by Gasteiger charge is -1.98. The maximum Gasteiger partial charge on any atom is 0.0964 e. The number of aryl methyl sites for hydroxylation is 1. The Hall–Kier alpha value is -1.69. The quantitative estimate of drug-likeness (QED) is 0.809.